The lowest BCUT2D eigenvalue weighted by atomic mass is 10.4. The molecule has 0 aromatic carbocycles. The van der Waals surface area contributed by atoms with Crippen LogP contribution in [0, 0.1) is 0 Å². The van der Waals surface area contributed by atoms with Gasteiger partial charge in [-0.3, -0.25) is 0 Å². The van der Waals surface area contributed by atoms with E-state index in [4.69, 9.17) is 9.47 Å². The number of nitrogens with zero attached hydrogens (tertiary/aromatic N) is 2. The van der Waals surface area contributed by atoms with Gasteiger partial charge in [0.25, 0.3) is 0 Å². The molecule has 0 spiro atoms. The second-order valence-corrected chi connectivity index (χ2v) is 4.94. The molecule has 5 nitrogen and oxygen atoms in total. The average molecular weight is 332 g/mol. The molecule has 6 heteroatoms. The molecule has 1 rings (SSSR count). The van der Waals surface area contributed by atoms with Gasteiger partial charge in [0.2, 0.25) is 11.8 Å². The summed E-state index contributed by atoms with van der Waals surface area (Å²) in [7, 11) is 0. The second kappa shape index (κ2) is 9.97. The van der Waals surface area contributed by atoms with Crippen molar-refractivity contribution in [2.45, 2.75) is 33.1 Å². The third-order valence-corrected chi connectivity index (χ3v) is 2.90. The van der Waals surface area contributed by atoms with Gasteiger partial charge in [-0.1, -0.05) is 20.3 Å². The third kappa shape index (κ3) is 6.73. The van der Waals surface area contributed by atoms with Crippen LogP contribution in [0.15, 0.2) is 10.7 Å². The highest BCUT2D eigenvalue weighted by Crippen LogP contribution is 2.22. The fraction of sp³-hybridized carbons (Fsp3) is 0.692. The average Bonchev–Trinajstić information content (AvgIpc) is 2.43. The van der Waals surface area contributed by atoms with E-state index in [1.54, 1.807) is 6.20 Å². The first-order chi connectivity index (χ1) is 9.27. The first-order valence-corrected chi connectivity index (χ1v) is 7.54. The van der Waals surface area contributed by atoms with Crippen molar-refractivity contribution in [1.82, 2.24) is 9.97 Å². The number of halogens is 1. The summed E-state index contributed by atoms with van der Waals surface area (Å²) in [6, 6.07) is 0. The predicted octanol–water partition coefficient (Wildman–Crippen LogP) is 3.26. The van der Waals surface area contributed by atoms with Gasteiger partial charge in [-0.15, -0.1) is 0 Å². The Morgan fingerprint density at radius 1 is 1.21 bits per heavy atom. The number of nitrogens with one attached hydrogen (secondary N) is 1. The van der Waals surface area contributed by atoms with Crippen molar-refractivity contribution in [3.63, 3.8) is 0 Å². The standard InChI is InChI=1S/C13H22BrN3O2/c1-3-5-7-18-8-9-19-12-11(14)10-16-13(17-12)15-6-4-2/h10H,3-9H2,1-2H3,(H,15,16,17). The smallest absolute Gasteiger partial charge is 0.232 e. The summed E-state index contributed by atoms with van der Waals surface area (Å²) in [5.74, 6) is 1.14. The van der Waals surface area contributed by atoms with Crippen LogP contribution in [-0.2, 0) is 4.74 Å². The van der Waals surface area contributed by atoms with Gasteiger partial charge in [-0.2, -0.15) is 4.98 Å². The lowest BCUT2D eigenvalue weighted by Crippen LogP contribution is -2.10. The van der Waals surface area contributed by atoms with E-state index in [9.17, 15) is 0 Å². The Balaban J connectivity index is 2.34. The number of rotatable bonds is 10. The number of ether oxygens (including phenoxy) is 2. The number of hydrogen-bond donors (Lipinski definition) is 1. The molecular formula is C13H22BrN3O2. The van der Waals surface area contributed by atoms with Crippen LogP contribution in [0.25, 0.3) is 0 Å². The van der Waals surface area contributed by atoms with Gasteiger partial charge in [0, 0.05) is 13.2 Å². The first-order valence-electron chi connectivity index (χ1n) is 6.74. The van der Waals surface area contributed by atoms with Crippen molar-refractivity contribution in [2.75, 3.05) is 31.7 Å². The molecule has 0 bridgehead atoms. The fourth-order valence-electron chi connectivity index (χ4n) is 1.32. The van der Waals surface area contributed by atoms with Crippen molar-refractivity contribution in [3.8, 4) is 5.88 Å². The molecule has 0 saturated carbocycles. The van der Waals surface area contributed by atoms with Crippen molar-refractivity contribution >= 4 is 21.9 Å². The van der Waals surface area contributed by atoms with E-state index >= 15 is 0 Å². The monoisotopic (exact) mass is 331 g/mol. The minimum atomic E-state index is 0.493. The van der Waals surface area contributed by atoms with Crippen molar-refractivity contribution in [1.29, 1.82) is 0 Å². The summed E-state index contributed by atoms with van der Waals surface area (Å²) in [5, 5.41) is 3.13. The van der Waals surface area contributed by atoms with Crippen LogP contribution >= 0.6 is 15.9 Å². The van der Waals surface area contributed by atoms with Gasteiger partial charge in [0.05, 0.1) is 17.3 Å². The van der Waals surface area contributed by atoms with Crippen LogP contribution in [0.2, 0.25) is 0 Å². The first kappa shape index (κ1) is 16.2. The lowest BCUT2D eigenvalue weighted by molar-refractivity contribution is 0.0962. The molecule has 1 aromatic rings. The summed E-state index contributed by atoms with van der Waals surface area (Å²) in [6.07, 6.45) is 4.95. The molecule has 0 radical (unpaired) electrons. The summed E-state index contributed by atoms with van der Waals surface area (Å²) in [6.45, 7) is 6.94. The summed E-state index contributed by atoms with van der Waals surface area (Å²) in [5.41, 5.74) is 0. The Hall–Kier alpha value is -0.880. The summed E-state index contributed by atoms with van der Waals surface area (Å²) in [4.78, 5) is 8.46. The molecule has 1 heterocycles. The normalized spacial score (nSPS) is 10.5. The van der Waals surface area contributed by atoms with E-state index in [0.29, 0.717) is 25.0 Å². The molecule has 0 fully saturated rings. The Morgan fingerprint density at radius 2 is 2.05 bits per heavy atom. The molecule has 0 aliphatic heterocycles. The van der Waals surface area contributed by atoms with E-state index in [1.165, 1.54) is 0 Å². The van der Waals surface area contributed by atoms with Gasteiger partial charge in [0.15, 0.2) is 0 Å². The number of unbranched alkanes of at least 4 members (excludes halogenated alkanes) is 1. The zero-order valence-corrected chi connectivity index (χ0v) is 13.2. The largest absolute Gasteiger partial charge is 0.474 e. The van der Waals surface area contributed by atoms with Crippen LogP contribution in [0.4, 0.5) is 5.95 Å². The van der Waals surface area contributed by atoms with E-state index in [0.717, 1.165) is 36.9 Å². The van der Waals surface area contributed by atoms with Crippen LogP contribution in [0.5, 0.6) is 5.88 Å². The Morgan fingerprint density at radius 3 is 2.79 bits per heavy atom. The quantitative estimate of drug-likeness (QED) is 0.667. The zero-order chi connectivity index (χ0) is 13.9. The SMILES string of the molecule is CCCCOCCOc1nc(NCCC)ncc1Br. The highest BCUT2D eigenvalue weighted by molar-refractivity contribution is 9.10. The van der Waals surface area contributed by atoms with E-state index < -0.39 is 0 Å². The Labute approximate surface area is 123 Å². The number of aromatic nitrogens is 2. The van der Waals surface area contributed by atoms with Gasteiger partial charge in [-0.05, 0) is 28.8 Å². The maximum Gasteiger partial charge on any atom is 0.232 e. The minimum absolute atomic E-state index is 0.493. The summed E-state index contributed by atoms with van der Waals surface area (Å²) < 4.78 is 11.8. The molecule has 0 saturated heterocycles. The molecule has 0 amide bonds. The van der Waals surface area contributed by atoms with Crippen LogP contribution in [-0.4, -0.2) is 36.3 Å². The molecule has 0 unspecified atom stereocenters. The molecule has 1 aromatic heterocycles. The Bertz CT molecular complexity index is 364. The van der Waals surface area contributed by atoms with Crippen LogP contribution in [0.3, 0.4) is 0 Å². The van der Waals surface area contributed by atoms with E-state index in [-0.39, 0.29) is 0 Å². The predicted molar refractivity (Wildman–Crippen MR) is 79.7 cm³/mol. The number of anilines is 1. The topological polar surface area (TPSA) is 56.3 Å². The highest BCUT2D eigenvalue weighted by Gasteiger charge is 2.05. The molecule has 0 aliphatic rings. The summed E-state index contributed by atoms with van der Waals surface area (Å²) >= 11 is 3.37. The highest BCUT2D eigenvalue weighted by atomic mass is 79.9. The zero-order valence-electron chi connectivity index (χ0n) is 11.6. The molecule has 19 heavy (non-hydrogen) atoms. The molecule has 1 N–H and O–H groups in total. The van der Waals surface area contributed by atoms with E-state index in [1.807, 2.05) is 0 Å². The second-order valence-electron chi connectivity index (χ2n) is 4.09. The number of hydrogen-bond acceptors (Lipinski definition) is 5. The Kier molecular flexibility index (Phi) is 8.49. The third-order valence-electron chi connectivity index (χ3n) is 2.35. The molecule has 108 valence electrons. The van der Waals surface area contributed by atoms with Gasteiger partial charge < -0.3 is 14.8 Å². The molecule has 0 aliphatic carbocycles. The molecule has 0 atom stereocenters. The van der Waals surface area contributed by atoms with Crippen molar-refractivity contribution < 1.29 is 9.47 Å². The van der Waals surface area contributed by atoms with Crippen LogP contribution in [0.1, 0.15) is 33.1 Å². The fourth-order valence-corrected chi connectivity index (χ4v) is 1.63. The van der Waals surface area contributed by atoms with Gasteiger partial charge >= 0.3 is 0 Å². The molecular weight excluding hydrogens is 310 g/mol. The maximum atomic E-state index is 5.57. The van der Waals surface area contributed by atoms with Crippen molar-refractivity contribution in [3.05, 3.63) is 10.7 Å². The van der Waals surface area contributed by atoms with E-state index in [2.05, 4.69) is 45.1 Å². The van der Waals surface area contributed by atoms with Gasteiger partial charge in [-0.25, -0.2) is 4.98 Å². The van der Waals surface area contributed by atoms with Gasteiger partial charge in [0.1, 0.15) is 6.61 Å². The van der Waals surface area contributed by atoms with Crippen LogP contribution < -0.4 is 10.1 Å². The van der Waals surface area contributed by atoms with Crippen molar-refractivity contribution in [2.24, 2.45) is 0 Å². The lowest BCUT2D eigenvalue weighted by Gasteiger charge is -2.09. The minimum Gasteiger partial charge on any atom is -0.474 e. The maximum absolute atomic E-state index is 5.57.